The molecule has 0 spiro atoms. The van der Waals surface area contributed by atoms with Crippen LogP contribution in [0.1, 0.15) is 60.3 Å². The zero-order valence-corrected chi connectivity index (χ0v) is 20.5. The minimum Gasteiger partial charge on any atom is -0.372 e. The Morgan fingerprint density at radius 1 is 1.09 bits per heavy atom. The second kappa shape index (κ2) is 9.65. The Hall–Kier alpha value is -1.71. The third kappa shape index (κ3) is 5.99. The van der Waals surface area contributed by atoms with Crippen molar-refractivity contribution in [2.75, 3.05) is 23.3 Å². The fourth-order valence-corrected chi connectivity index (χ4v) is 5.32. The number of nitrogens with one attached hydrogen (secondary N) is 2. The summed E-state index contributed by atoms with van der Waals surface area (Å²) in [5, 5.41) is 2.72. The van der Waals surface area contributed by atoms with Crippen molar-refractivity contribution < 1.29 is 22.3 Å². The van der Waals surface area contributed by atoms with Crippen LogP contribution in [0.15, 0.2) is 18.2 Å². The third-order valence-electron chi connectivity index (χ3n) is 6.22. The maximum Gasteiger partial charge on any atom is 0.227 e. The summed E-state index contributed by atoms with van der Waals surface area (Å²) in [4.78, 5) is 14.8. The van der Waals surface area contributed by atoms with Crippen molar-refractivity contribution in [3.63, 3.8) is 0 Å². The lowest BCUT2D eigenvalue weighted by atomic mass is 9.86. The molecule has 9 heteroatoms. The number of ether oxygens (including phenoxy) is 1. The molecule has 3 rings (SSSR count). The van der Waals surface area contributed by atoms with Crippen molar-refractivity contribution in [2.24, 2.45) is 5.92 Å². The van der Waals surface area contributed by atoms with Gasteiger partial charge in [-0.1, -0.05) is 0 Å². The Morgan fingerprint density at radius 3 is 2.22 bits per heavy atom. The van der Waals surface area contributed by atoms with Gasteiger partial charge in [0.05, 0.1) is 22.6 Å². The van der Waals surface area contributed by atoms with E-state index in [1.807, 2.05) is 19.9 Å². The molecule has 1 amide bonds. The number of benzene rings is 1. The second-order valence-electron chi connectivity index (χ2n) is 10.1. The van der Waals surface area contributed by atoms with Gasteiger partial charge >= 0.3 is 0 Å². The van der Waals surface area contributed by atoms with Crippen LogP contribution in [0, 0.1) is 11.7 Å². The van der Waals surface area contributed by atoms with E-state index in [4.69, 9.17) is 4.74 Å². The van der Waals surface area contributed by atoms with E-state index in [1.54, 1.807) is 26.8 Å². The first kappa shape index (κ1) is 24.9. The Morgan fingerprint density at radius 2 is 1.69 bits per heavy atom. The summed E-state index contributed by atoms with van der Waals surface area (Å²) >= 11 is 0. The monoisotopic (exact) mass is 469 g/mol. The predicted octanol–water partition coefficient (Wildman–Crippen LogP) is 3.65. The summed E-state index contributed by atoms with van der Waals surface area (Å²) < 4.78 is 47.1. The van der Waals surface area contributed by atoms with Gasteiger partial charge in [-0.05, 0) is 78.5 Å². The average molecular weight is 470 g/mol. The molecule has 1 unspecified atom stereocenters. The summed E-state index contributed by atoms with van der Waals surface area (Å²) in [5.74, 6) is -0.943. The van der Waals surface area contributed by atoms with Crippen LogP contribution < -0.4 is 14.9 Å². The van der Waals surface area contributed by atoms with Crippen molar-refractivity contribution in [1.82, 2.24) is 4.72 Å². The van der Waals surface area contributed by atoms with Crippen LogP contribution >= 0.6 is 0 Å². The number of halogens is 1. The summed E-state index contributed by atoms with van der Waals surface area (Å²) in [7, 11) is -3.42. The number of sulfonamides is 1. The molecule has 0 bridgehead atoms. The molecule has 2 N–H and O–H groups in total. The number of hydrogen-bond donors (Lipinski definition) is 2. The summed E-state index contributed by atoms with van der Waals surface area (Å²) in [6.07, 6.45) is 2.44. The lowest BCUT2D eigenvalue weighted by Gasteiger charge is -2.37. The number of hydrogen-bond acceptors (Lipinski definition) is 5. The molecule has 1 aromatic rings. The normalized spacial score (nSPS) is 27.2. The molecule has 7 nitrogen and oxygen atoms in total. The molecule has 1 heterocycles. The lowest BCUT2D eigenvalue weighted by molar-refractivity contribution is -0.120. The largest absolute Gasteiger partial charge is 0.372 e. The average Bonchev–Trinajstić information content (AvgIpc) is 2.68. The predicted molar refractivity (Wildman–Crippen MR) is 125 cm³/mol. The molecule has 1 saturated carbocycles. The van der Waals surface area contributed by atoms with Crippen LogP contribution in [0.25, 0.3) is 0 Å². The number of carbonyl (C=O) groups excluding carboxylic acids is 1. The van der Waals surface area contributed by atoms with E-state index in [-0.39, 0.29) is 35.8 Å². The van der Waals surface area contributed by atoms with E-state index in [0.717, 1.165) is 5.69 Å². The van der Waals surface area contributed by atoms with Crippen LogP contribution in [0.5, 0.6) is 0 Å². The minimum atomic E-state index is -3.42. The molecule has 2 atom stereocenters. The van der Waals surface area contributed by atoms with E-state index in [1.165, 1.54) is 6.07 Å². The zero-order chi connectivity index (χ0) is 23.7. The topological polar surface area (TPSA) is 87.7 Å². The molecular formula is C23H36FN3O4S. The highest BCUT2D eigenvalue weighted by molar-refractivity contribution is 7.90. The van der Waals surface area contributed by atoms with Crippen molar-refractivity contribution in [3.8, 4) is 0 Å². The molecule has 2 fully saturated rings. The van der Waals surface area contributed by atoms with Gasteiger partial charge in [-0.3, -0.25) is 4.79 Å². The van der Waals surface area contributed by atoms with E-state index < -0.39 is 20.6 Å². The molecule has 2 aliphatic rings. The SMILES string of the molecule is CC1CN(c2ccc(NC(=O)[C@H]3CC[C@H](NS(=O)(=O)C(C)(C)C)CC3)c(F)c2)C[C@@H](C)O1. The highest BCUT2D eigenvalue weighted by Crippen LogP contribution is 2.29. The summed E-state index contributed by atoms with van der Waals surface area (Å²) in [6.45, 7) is 10.4. The zero-order valence-electron chi connectivity index (χ0n) is 19.7. The number of nitrogens with zero attached hydrogens (tertiary/aromatic N) is 1. The highest BCUT2D eigenvalue weighted by atomic mass is 32.2. The minimum absolute atomic E-state index is 0.0733. The van der Waals surface area contributed by atoms with E-state index >= 15 is 0 Å². The summed E-state index contributed by atoms with van der Waals surface area (Å²) in [6, 6.07) is 4.72. The number of amides is 1. The highest BCUT2D eigenvalue weighted by Gasteiger charge is 2.34. The summed E-state index contributed by atoms with van der Waals surface area (Å²) in [5.41, 5.74) is 0.942. The molecule has 0 radical (unpaired) electrons. The Labute approximate surface area is 191 Å². The van der Waals surface area contributed by atoms with Crippen LogP contribution in [-0.2, 0) is 19.6 Å². The quantitative estimate of drug-likeness (QED) is 0.687. The number of morpholine rings is 1. The molecular weight excluding hydrogens is 433 g/mol. The smallest absolute Gasteiger partial charge is 0.227 e. The third-order valence-corrected chi connectivity index (χ3v) is 8.48. The van der Waals surface area contributed by atoms with Gasteiger partial charge in [-0.15, -0.1) is 0 Å². The van der Waals surface area contributed by atoms with Crippen molar-refractivity contribution in [2.45, 2.75) is 83.3 Å². The first-order valence-electron chi connectivity index (χ1n) is 11.4. The van der Waals surface area contributed by atoms with E-state index in [9.17, 15) is 17.6 Å². The molecule has 1 aliphatic carbocycles. The van der Waals surface area contributed by atoms with Gasteiger partial charge in [0.15, 0.2) is 0 Å². The van der Waals surface area contributed by atoms with Gasteiger partial charge in [0.2, 0.25) is 15.9 Å². The van der Waals surface area contributed by atoms with Crippen LogP contribution in [0.3, 0.4) is 0 Å². The van der Waals surface area contributed by atoms with Gasteiger partial charge in [0.1, 0.15) is 5.82 Å². The van der Waals surface area contributed by atoms with Crippen molar-refractivity contribution in [3.05, 3.63) is 24.0 Å². The van der Waals surface area contributed by atoms with Crippen molar-refractivity contribution in [1.29, 1.82) is 0 Å². The van der Waals surface area contributed by atoms with E-state index in [2.05, 4.69) is 14.9 Å². The maximum absolute atomic E-state index is 14.7. The van der Waals surface area contributed by atoms with Crippen LogP contribution in [0.4, 0.5) is 15.8 Å². The molecule has 1 saturated heterocycles. The number of anilines is 2. The Kier molecular flexibility index (Phi) is 7.51. The Balaban J connectivity index is 1.55. The number of rotatable bonds is 5. The lowest BCUT2D eigenvalue weighted by Crippen LogP contribution is -2.46. The van der Waals surface area contributed by atoms with Crippen LogP contribution in [0.2, 0.25) is 0 Å². The van der Waals surface area contributed by atoms with Gasteiger partial charge < -0.3 is 15.0 Å². The molecule has 1 aromatic carbocycles. The van der Waals surface area contributed by atoms with Crippen LogP contribution in [-0.4, -0.2) is 50.4 Å². The molecule has 0 aromatic heterocycles. The standard InChI is InChI=1S/C23H36FN3O4S/c1-15-13-27(14-16(2)31-15)19-10-11-21(20(24)12-19)25-22(28)17-6-8-18(9-7-17)26-32(29,30)23(3,4)5/h10-12,15-18,26H,6-9,13-14H2,1-5H3,(H,25,28)/t15-,16?,17-,18-/m1/s1. The maximum atomic E-state index is 14.7. The first-order chi connectivity index (χ1) is 14.9. The van der Waals surface area contributed by atoms with Gasteiger partial charge in [-0.2, -0.15) is 0 Å². The van der Waals surface area contributed by atoms with E-state index in [0.29, 0.717) is 38.8 Å². The van der Waals surface area contributed by atoms with Gasteiger partial charge in [0.25, 0.3) is 0 Å². The Bertz CT molecular complexity index is 914. The fraction of sp³-hybridized carbons (Fsp3) is 0.696. The fourth-order valence-electron chi connectivity index (χ4n) is 4.30. The van der Waals surface area contributed by atoms with Crippen molar-refractivity contribution >= 4 is 27.3 Å². The molecule has 1 aliphatic heterocycles. The second-order valence-corrected chi connectivity index (χ2v) is 12.6. The first-order valence-corrected chi connectivity index (χ1v) is 12.9. The molecule has 32 heavy (non-hydrogen) atoms. The molecule has 180 valence electrons. The van der Waals surface area contributed by atoms with Gasteiger partial charge in [-0.25, -0.2) is 17.5 Å². The number of carbonyl (C=O) groups is 1. The van der Waals surface area contributed by atoms with Gasteiger partial charge in [0, 0.05) is 30.7 Å².